The molecule has 8 heteroatoms. The Hall–Kier alpha value is -2.77. The maximum atomic E-state index is 11.6. The highest BCUT2D eigenvalue weighted by molar-refractivity contribution is 6.33. The molecular formula is C25H31ClN2O5. The highest BCUT2D eigenvalue weighted by atomic mass is 35.5. The van der Waals surface area contributed by atoms with Gasteiger partial charge in [0, 0.05) is 36.1 Å². The zero-order chi connectivity index (χ0) is 23.8. The van der Waals surface area contributed by atoms with Gasteiger partial charge in [0.15, 0.2) is 0 Å². The molecule has 1 fully saturated rings. The van der Waals surface area contributed by atoms with Crippen molar-refractivity contribution >= 4 is 23.8 Å². The van der Waals surface area contributed by atoms with Gasteiger partial charge in [-0.2, -0.15) is 0 Å². The topological polar surface area (TPSA) is 88.1 Å². The largest absolute Gasteiger partial charge is 0.465 e. The minimum atomic E-state index is -0.923. The number of aryl methyl sites for hydroxylation is 1. The highest BCUT2D eigenvalue weighted by Gasteiger charge is 2.33. The highest BCUT2D eigenvalue weighted by Crippen LogP contribution is 2.41. The summed E-state index contributed by atoms with van der Waals surface area (Å²) in [5.41, 5.74) is 4.02. The van der Waals surface area contributed by atoms with Gasteiger partial charge in [0.25, 0.3) is 0 Å². The number of halogens is 1. The summed E-state index contributed by atoms with van der Waals surface area (Å²) in [4.78, 5) is 24.5. The number of hydrogen-bond acceptors (Lipinski definition) is 4. The Balaban J connectivity index is 1.96. The molecule has 33 heavy (non-hydrogen) atoms. The molecule has 3 rings (SSSR count). The minimum absolute atomic E-state index is 0.0421. The fourth-order valence-electron chi connectivity index (χ4n) is 4.35. The molecule has 0 radical (unpaired) electrons. The smallest absolute Gasteiger partial charge is 0.407 e. The number of hydrogen-bond donors (Lipinski definition) is 2. The molecule has 0 spiro atoms. The zero-order valence-corrected chi connectivity index (χ0v) is 19.8. The average Bonchev–Trinajstić information content (AvgIpc) is 2.83. The van der Waals surface area contributed by atoms with E-state index in [1.165, 1.54) is 17.6 Å². The summed E-state index contributed by atoms with van der Waals surface area (Å²) in [6, 6.07) is 14.0. The number of likely N-dealkylation sites (tertiary alicyclic amines) is 1. The van der Waals surface area contributed by atoms with Crippen LogP contribution in [0.1, 0.15) is 37.0 Å². The van der Waals surface area contributed by atoms with E-state index in [0.717, 1.165) is 36.0 Å². The summed E-state index contributed by atoms with van der Waals surface area (Å²) in [6.07, 6.45) is 0.671. The molecular weight excluding hydrogens is 444 g/mol. The summed E-state index contributed by atoms with van der Waals surface area (Å²) >= 11 is 6.71. The lowest BCUT2D eigenvalue weighted by molar-refractivity contribution is -0.0113. The van der Waals surface area contributed by atoms with Gasteiger partial charge in [-0.25, -0.2) is 9.59 Å². The number of nitrogens with one attached hydrogen (secondary N) is 1. The van der Waals surface area contributed by atoms with Crippen molar-refractivity contribution in [3.05, 3.63) is 58.6 Å². The Morgan fingerprint density at radius 3 is 2.79 bits per heavy atom. The molecule has 178 valence electrons. The Morgan fingerprint density at radius 2 is 2.06 bits per heavy atom. The number of carboxylic acid groups (broad SMARTS) is 1. The summed E-state index contributed by atoms with van der Waals surface area (Å²) in [6.45, 7) is 3.54. The number of benzene rings is 2. The van der Waals surface area contributed by atoms with Gasteiger partial charge in [-0.15, -0.1) is 0 Å². The van der Waals surface area contributed by atoms with Crippen molar-refractivity contribution in [2.24, 2.45) is 5.92 Å². The number of ether oxygens (including phenoxy) is 2. The first-order valence-corrected chi connectivity index (χ1v) is 11.6. The van der Waals surface area contributed by atoms with Crippen LogP contribution in [0.2, 0.25) is 5.02 Å². The van der Waals surface area contributed by atoms with Gasteiger partial charge in [0.1, 0.15) is 0 Å². The van der Waals surface area contributed by atoms with E-state index in [0.29, 0.717) is 18.1 Å². The number of nitrogens with zero attached hydrogens (tertiary/aromatic N) is 1. The van der Waals surface area contributed by atoms with E-state index < -0.39 is 12.2 Å². The fraction of sp³-hybridized carbons (Fsp3) is 0.440. The van der Waals surface area contributed by atoms with Crippen LogP contribution in [0.3, 0.4) is 0 Å². The van der Waals surface area contributed by atoms with Crippen LogP contribution in [0.15, 0.2) is 42.5 Å². The third-order valence-electron chi connectivity index (χ3n) is 5.99. The molecule has 2 N–H and O–H groups in total. The van der Waals surface area contributed by atoms with Crippen LogP contribution < -0.4 is 5.32 Å². The molecule has 0 saturated carbocycles. The number of amides is 2. The molecule has 2 atom stereocenters. The lowest BCUT2D eigenvalue weighted by atomic mass is 9.84. The maximum absolute atomic E-state index is 11.6. The zero-order valence-electron chi connectivity index (χ0n) is 19.1. The number of piperidine rings is 1. The lowest BCUT2D eigenvalue weighted by Gasteiger charge is -2.36. The van der Waals surface area contributed by atoms with Crippen LogP contribution >= 0.6 is 11.6 Å². The van der Waals surface area contributed by atoms with Crippen molar-refractivity contribution in [3.8, 4) is 11.1 Å². The molecule has 2 amide bonds. The van der Waals surface area contributed by atoms with Crippen LogP contribution in [0.25, 0.3) is 11.1 Å². The molecule has 1 saturated heterocycles. The molecule has 0 aliphatic carbocycles. The Bertz CT molecular complexity index is 968. The van der Waals surface area contributed by atoms with Crippen molar-refractivity contribution in [1.82, 2.24) is 10.2 Å². The molecule has 0 aromatic heterocycles. The second kappa shape index (κ2) is 11.9. The van der Waals surface area contributed by atoms with Gasteiger partial charge >= 0.3 is 12.2 Å². The van der Waals surface area contributed by atoms with Crippen molar-refractivity contribution < 1.29 is 24.2 Å². The normalized spacial score (nSPS) is 16.8. The van der Waals surface area contributed by atoms with Gasteiger partial charge in [-0.05, 0) is 42.0 Å². The van der Waals surface area contributed by atoms with E-state index in [1.54, 1.807) is 0 Å². The summed E-state index contributed by atoms with van der Waals surface area (Å²) in [5.74, 6) is -0.0421. The lowest BCUT2D eigenvalue weighted by Crippen LogP contribution is -2.41. The van der Waals surface area contributed by atoms with Crippen LogP contribution in [-0.2, 0) is 15.9 Å². The third kappa shape index (κ3) is 6.39. The second-order valence-corrected chi connectivity index (χ2v) is 8.51. The number of carbonyl (C=O) groups excluding carboxylic acids is 1. The van der Waals surface area contributed by atoms with Crippen LogP contribution in [0.4, 0.5) is 9.59 Å². The van der Waals surface area contributed by atoms with Gasteiger partial charge < -0.3 is 24.8 Å². The van der Waals surface area contributed by atoms with Crippen molar-refractivity contribution in [2.45, 2.75) is 32.3 Å². The third-order valence-corrected chi connectivity index (χ3v) is 6.30. The standard InChI is InChI=1S/C25H31ClN2O5/c1-3-17-7-4-8-18(15-17)22-20(10-5-11-21(22)26)23(33-14-12-27-24(29)32-2)19-9-6-13-28(16-19)25(30)31/h4-5,7-8,10-11,15,19,23H,3,6,9,12-14,16H2,1-2H3,(H,27,29)(H,30,31)/t19-,23?/m1/s1. The van der Waals surface area contributed by atoms with Crippen molar-refractivity contribution in [2.75, 3.05) is 33.4 Å². The molecule has 0 bridgehead atoms. The van der Waals surface area contributed by atoms with E-state index in [4.69, 9.17) is 16.3 Å². The molecule has 1 heterocycles. The minimum Gasteiger partial charge on any atom is -0.465 e. The monoisotopic (exact) mass is 474 g/mol. The first kappa shape index (κ1) is 24.9. The summed E-state index contributed by atoms with van der Waals surface area (Å²) < 4.78 is 10.9. The Morgan fingerprint density at radius 1 is 1.27 bits per heavy atom. The molecule has 2 aromatic carbocycles. The van der Waals surface area contributed by atoms with Gasteiger partial charge in [0.2, 0.25) is 0 Å². The number of methoxy groups -OCH3 is 1. The fourth-order valence-corrected chi connectivity index (χ4v) is 4.64. The Kier molecular flexibility index (Phi) is 8.97. The van der Waals surface area contributed by atoms with Crippen LogP contribution in [0, 0.1) is 5.92 Å². The van der Waals surface area contributed by atoms with E-state index in [2.05, 4.69) is 29.1 Å². The molecule has 1 aliphatic heterocycles. The molecule has 1 aliphatic rings. The first-order valence-electron chi connectivity index (χ1n) is 11.2. The van der Waals surface area contributed by atoms with Gasteiger partial charge in [0.05, 0.1) is 19.8 Å². The molecule has 2 aromatic rings. The van der Waals surface area contributed by atoms with E-state index in [9.17, 15) is 14.7 Å². The van der Waals surface area contributed by atoms with Crippen molar-refractivity contribution in [3.63, 3.8) is 0 Å². The average molecular weight is 475 g/mol. The van der Waals surface area contributed by atoms with Gasteiger partial charge in [-0.3, -0.25) is 0 Å². The van der Waals surface area contributed by atoms with Crippen LogP contribution in [0.5, 0.6) is 0 Å². The van der Waals surface area contributed by atoms with Gasteiger partial charge in [-0.1, -0.05) is 54.9 Å². The van der Waals surface area contributed by atoms with Crippen LogP contribution in [-0.4, -0.2) is 55.5 Å². The van der Waals surface area contributed by atoms with E-state index in [-0.39, 0.29) is 25.2 Å². The Labute approximate surface area is 199 Å². The number of carbonyl (C=O) groups is 2. The maximum Gasteiger partial charge on any atom is 0.407 e. The first-order chi connectivity index (χ1) is 15.9. The quantitative estimate of drug-likeness (QED) is 0.502. The number of alkyl carbamates (subject to hydrolysis) is 1. The summed E-state index contributed by atoms with van der Waals surface area (Å²) in [7, 11) is 1.31. The molecule has 7 nitrogen and oxygen atoms in total. The van der Waals surface area contributed by atoms with Crippen molar-refractivity contribution in [1.29, 1.82) is 0 Å². The second-order valence-electron chi connectivity index (χ2n) is 8.10. The molecule has 1 unspecified atom stereocenters. The van der Waals surface area contributed by atoms with E-state index in [1.807, 2.05) is 30.3 Å². The summed E-state index contributed by atoms with van der Waals surface area (Å²) in [5, 5.41) is 12.8. The SMILES string of the molecule is CCc1cccc(-c2c(Cl)cccc2C(OCCNC(=O)OC)[C@@H]2CCCN(C(=O)O)C2)c1. The number of rotatable bonds is 8. The predicted octanol–water partition coefficient (Wildman–Crippen LogP) is 5.37. The predicted molar refractivity (Wildman–Crippen MR) is 128 cm³/mol. The van der Waals surface area contributed by atoms with E-state index >= 15 is 0 Å².